The fourth-order valence-corrected chi connectivity index (χ4v) is 11.9. The first kappa shape index (κ1) is 36.7. The molecule has 0 N–H and O–H groups in total. The molecule has 12 aromatic rings. The average molecular weight is 833 g/mol. The van der Waals surface area contributed by atoms with Crippen molar-refractivity contribution in [1.82, 2.24) is 4.57 Å². The molecule has 0 spiro atoms. The molecule has 2 heterocycles. The molecule has 0 amide bonds. The van der Waals surface area contributed by atoms with E-state index in [0.717, 1.165) is 17.1 Å². The van der Waals surface area contributed by atoms with E-state index in [1.165, 1.54) is 92.2 Å². The summed E-state index contributed by atoms with van der Waals surface area (Å²) in [5.74, 6) is 0. The van der Waals surface area contributed by atoms with Gasteiger partial charge in [0.15, 0.2) is 0 Å². The molecular weight excluding hydrogens is 793 g/mol. The Labute approximate surface area is 376 Å². The van der Waals surface area contributed by atoms with E-state index in [4.69, 9.17) is 0 Å². The van der Waals surface area contributed by atoms with E-state index < -0.39 is 5.41 Å². The SMILES string of the molecule is c1ccc(C2(c3ccccc3)c3ccccc3-c3cc(N(c4ccc(-c5cccc(-n6c7ccccc7c7ccccc76)c5)cc4)c4cccc5c4sc4ccccc45)ccc32)cc1. The predicted molar refractivity (Wildman–Crippen MR) is 271 cm³/mol. The van der Waals surface area contributed by atoms with Gasteiger partial charge >= 0.3 is 0 Å². The first-order chi connectivity index (χ1) is 31.8. The second-order valence-electron chi connectivity index (χ2n) is 16.8. The number of fused-ring (bicyclic) bond motifs is 9. The number of rotatable bonds is 7. The fraction of sp³-hybridized carbons (Fsp3) is 0.0164. The number of hydrogen-bond acceptors (Lipinski definition) is 2. The second-order valence-corrected chi connectivity index (χ2v) is 17.9. The predicted octanol–water partition coefficient (Wildman–Crippen LogP) is 16.7. The van der Waals surface area contributed by atoms with Crippen LogP contribution in [0.5, 0.6) is 0 Å². The number of benzene rings is 10. The van der Waals surface area contributed by atoms with E-state index in [1.807, 2.05) is 11.3 Å². The molecule has 64 heavy (non-hydrogen) atoms. The first-order valence-electron chi connectivity index (χ1n) is 22.0. The van der Waals surface area contributed by atoms with Gasteiger partial charge in [-0.05, 0) is 105 Å². The third-order valence-corrected chi connectivity index (χ3v) is 14.7. The Bertz CT molecular complexity index is 3640. The van der Waals surface area contributed by atoms with Crippen LogP contribution >= 0.6 is 11.3 Å². The lowest BCUT2D eigenvalue weighted by Crippen LogP contribution is -2.28. The van der Waals surface area contributed by atoms with E-state index in [1.54, 1.807) is 0 Å². The van der Waals surface area contributed by atoms with Crippen molar-refractivity contribution < 1.29 is 0 Å². The summed E-state index contributed by atoms with van der Waals surface area (Å²) in [7, 11) is 0. The van der Waals surface area contributed by atoms with Gasteiger partial charge in [0.2, 0.25) is 0 Å². The van der Waals surface area contributed by atoms with Crippen LogP contribution in [0.25, 0.3) is 69.9 Å². The molecule has 0 atom stereocenters. The van der Waals surface area contributed by atoms with Crippen molar-refractivity contribution in [3.05, 3.63) is 265 Å². The lowest BCUT2D eigenvalue weighted by atomic mass is 9.68. The lowest BCUT2D eigenvalue weighted by molar-refractivity contribution is 0.768. The van der Waals surface area contributed by atoms with Crippen molar-refractivity contribution in [2.75, 3.05) is 4.90 Å². The zero-order valence-corrected chi connectivity index (χ0v) is 35.7. The Kier molecular flexibility index (Phi) is 8.34. The zero-order chi connectivity index (χ0) is 42.2. The van der Waals surface area contributed by atoms with E-state index in [9.17, 15) is 0 Å². The van der Waals surface area contributed by atoms with Crippen LogP contribution < -0.4 is 4.90 Å². The van der Waals surface area contributed by atoms with Gasteiger partial charge in [-0.1, -0.05) is 182 Å². The van der Waals surface area contributed by atoms with Gasteiger partial charge in [-0.2, -0.15) is 0 Å². The maximum atomic E-state index is 2.48. The largest absolute Gasteiger partial charge is 0.309 e. The molecule has 13 rings (SSSR count). The van der Waals surface area contributed by atoms with Gasteiger partial charge in [-0.3, -0.25) is 0 Å². The quantitative estimate of drug-likeness (QED) is 0.155. The van der Waals surface area contributed by atoms with E-state index >= 15 is 0 Å². The Hall–Kier alpha value is -7.98. The van der Waals surface area contributed by atoms with Gasteiger partial charge in [-0.15, -0.1) is 11.3 Å². The molecule has 0 radical (unpaired) electrons. The summed E-state index contributed by atoms with van der Waals surface area (Å²) in [6, 6.07) is 89.5. The fourth-order valence-electron chi connectivity index (χ4n) is 10.7. The summed E-state index contributed by atoms with van der Waals surface area (Å²) >= 11 is 1.87. The van der Waals surface area contributed by atoms with Crippen LogP contribution in [0.1, 0.15) is 22.3 Å². The smallest absolute Gasteiger partial charge is 0.0713 e. The van der Waals surface area contributed by atoms with Crippen molar-refractivity contribution in [1.29, 1.82) is 0 Å². The number of nitrogens with zero attached hydrogens (tertiary/aromatic N) is 2. The molecule has 0 saturated carbocycles. The standard InChI is InChI=1S/C61H40N2S/c1-3-18-43(19-4-1)61(44-20-5-2-6-21-44)54-28-11-7-23-48(54)53-40-47(37-38-55(53)61)62(58-31-16-27-52-51-26-10-14-32-59(51)64-60(52)58)45-35-33-41(34-36-45)42-17-15-22-46(39-42)63-56-29-12-8-24-49(56)50-25-9-13-30-57(50)63/h1-40H. The summed E-state index contributed by atoms with van der Waals surface area (Å²) in [5, 5.41) is 5.10. The normalized spacial score (nSPS) is 12.8. The summed E-state index contributed by atoms with van der Waals surface area (Å²) in [6.07, 6.45) is 0. The van der Waals surface area contributed by atoms with Crippen LogP contribution in [-0.2, 0) is 5.41 Å². The summed E-state index contributed by atoms with van der Waals surface area (Å²) in [6.45, 7) is 0. The minimum absolute atomic E-state index is 0.460. The molecule has 0 bridgehead atoms. The van der Waals surface area contributed by atoms with Gasteiger partial charge < -0.3 is 9.47 Å². The number of anilines is 3. The molecule has 10 aromatic carbocycles. The molecule has 300 valence electrons. The van der Waals surface area contributed by atoms with Crippen molar-refractivity contribution in [2.24, 2.45) is 0 Å². The molecule has 0 fully saturated rings. The highest BCUT2D eigenvalue weighted by atomic mass is 32.1. The lowest BCUT2D eigenvalue weighted by Gasteiger charge is -2.34. The first-order valence-corrected chi connectivity index (χ1v) is 22.8. The summed E-state index contributed by atoms with van der Waals surface area (Å²) in [5.41, 5.74) is 16.5. The minimum Gasteiger partial charge on any atom is -0.309 e. The van der Waals surface area contributed by atoms with E-state index in [0.29, 0.717) is 0 Å². The van der Waals surface area contributed by atoms with Gasteiger partial charge in [0, 0.05) is 43.3 Å². The molecule has 2 aromatic heterocycles. The zero-order valence-electron chi connectivity index (χ0n) is 34.9. The van der Waals surface area contributed by atoms with Crippen molar-refractivity contribution >= 4 is 70.4 Å². The van der Waals surface area contributed by atoms with Crippen LogP contribution in [0.4, 0.5) is 17.1 Å². The topological polar surface area (TPSA) is 8.17 Å². The van der Waals surface area contributed by atoms with Crippen molar-refractivity contribution in [2.45, 2.75) is 5.41 Å². The molecule has 0 unspecified atom stereocenters. The highest BCUT2D eigenvalue weighted by molar-refractivity contribution is 7.26. The van der Waals surface area contributed by atoms with Crippen LogP contribution in [0, 0.1) is 0 Å². The van der Waals surface area contributed by atoms with Crippen molar-refractivity contribution in [3.63, 3.8) is 0 Å². The van der Waals surface area contributed by atoms with Crippen LogP contribution in [0.15, 0.2) is 243 Å². The molecule has 2 nitrogen and oxygen atoms in total. The maximum Gasteiger partial charge on any atom is 0.0713 e. The molecule has 1 aliphatic rings. The van der Waals surface area contributed by atoms with Gasteiger partial charge in [0.1, 0.15) is 0 Å². The number of para-hydroxylation sites is 2. The minimum atomic E-state index is -0.460. The molecule has 0 saturated heterocycles. The third kappa shape index (κ3) is 5.44. The Morgan fingerprint density at radius 2 is 0.953 bits per heavy atom. The molecule has 3 heteroatoms. The molecular formula is C61H40N2S. The average Bonchev–Trinajstić information content (AvgIpc) is 4.02. The van der Waals surface area contributed by atoms with Gasteiger partial charge in [-0.25, -0.2) is 0 Å². The van der Waals surface area contributed by atoms with Gasteiger partial charge in [0.25, 0.3) is 0 Å². The number of aromatic nitrogens is 1. The van der Waals surface area contributed by atoms with E-state index in [2.05, 4.69) is 252 Å². The molecule has 0 aliphatic heterocycles. The summed E-state index contributed by atoms with van der Waals surface area (Å²) in [4.78, 5) is 2.48. The molecule has 1 aliphatic carbocycles. The third-order valence-electron chi connectivity index (χ3n) is 13.5. The van der Waals surface area contributed by atoms with Crippen LogP contribution in [0.2, 0.25) is 0 Å². The van der Waals surface area contributed by atoms with Gasteiger partial charge in [0.05, 0.1) is 26.8 Å². The Balaban J connectivity index is 0.987. The van der Waals surface area contributed by atoms with E-state index in [-0.39, 0.29) is 0 Å². The highest BCUT2D eigenvalue weighted by Crippen LogP contribution is 2.57. The Morgan fingerprint density at radius 3 is 1.69 bits per heavy atom. The highest BCUT2D eigenvalue weighted by Gasteiger charge is 2.46. The van der Waals surface area contributed by atoms with Crippen molar-refractivity contribution in [3.8, 4) is 27.9 Å². The summed E-state index contributed by atoms with van der Waals surface area (Å²) < 4.78 is 4.96. The Morgan fingerprint density at radius 1 is 0.375 bits per heavy atom. The maximum absolute atomic E-state index is 2.48. The number of hydrogen-bond donors (Lipinski definition) is 0. The van der Waals surface area contributed by atoms with Crippen LogP contribution in [0.3, 0.4) is 0 Å². The second kappa shape index (κ2) is 14.6. The number of thiophene rings is 1. The monoisotopic (exact) mass is 832 g/mol. The van der Waals surface area contributed by atoms with Crippen LogP contribution in [-0.4, -0.2) is 4.57 Å².